The molecule has 0 atom stereocenters. The summed E-state index contributed by atoms with van der Waals surface area (Å²) >= 11 is 5.80. The van der Waals surface area contributed by atoms with Crippen molar-refractivity contribution in [1.29, 1.82) is 0 Å². The lowest BCUT2D eigenvalue weighted by molar-refractivity contribution is -0.115. The Morgan fingerprint density at radius 1 is 1.44 bits per heavy atom. The van der Waals surface area contributed by atoms with E-state index in [1.165, 1.54) is 7.11 Å². The number of sulfone groups is 1. The maximum Gasteiger partial charge on any atom is 0.225 e. The Hall–Kier alpha value is -1.27. The van der Waals surface area contributed by atoms with E-state index in [4.69, 9.17) is 16.3 Å². The molecule has 0 spiro atoms. The fraction of sp³-hybridized carbons (Fsp3) is 0.364. The third kappa shape index (κ3) is 4.93. The van der Waals surface area contributed by atoms with Crippen molar-refractivity contribution in [2.24, 2.45) is 0 Å². The third-order valence-electron chi connectivity index (χ3n) is 2.14. The lowest BCUT2D eigenvalue weighted by Gasteiger charge is -2.10. The molecule has 0 heterocycles. The summed E-state index contributed by atoms with van der Waals surface area (Å²) in [5.74, 6) is -0.130. The van der Waals surface area contributed by atoms with E-state index in [1.807, 2.05) is 0 Å². The topological polar surface area (TPSA) is 72.5 Å². The molecule has 0 saturated carbocycles. The number of ether oxygens (including phenoxy) is 1. The Morgan fingerprint density at radius 3 is 2.67 bits per heavy atom. The molecule has 1 aromatic carbocycles. The molecule has 0 saturated heterocycles. The zero-order valence-corrected chi connectivity index (χ0v) is 11.6. The minimum Gasteiger partial charge on any atom is -0.495 e. The van der Waals surface area contributed by atoms with E-state index in [-0.39, 0.29) is 12.2 Å². The van der Waals surface area contributed by atoms with E-state index in [0.717, 1.165) is 6.26 Å². The molecule has 0 aliphatic heterocycles. The van der Waals surface area contributed by atoms with Gasteiger partial charge in [0, 0.05) is 17.7 Å². The average molecular weight is 292 g/mol. The predicted molar refractivity (Wildman–Crippen MR) is 71.0 cm³/mol. The van der Waals surface area contributed by atoms with Crippen molar-refractivity contribution in [2.45, 2.75) is 6.42 Å². The summed E-state index contributed by atoms with van der Waals surface area (Å²) in [6.45, 7) is 0. The van der Waals surface area contributed by atoms with Crippen LogP contribution >= 0.6 is 11.6 Å². The van der Waals surface area contributed by atoms with Gasteiger partial charge < -0.3 is 10.1 Å². The number of methoxy groups -OCH3 is 1. The fourth-order valence-electron chi connectivity index (χ4n) is 1.27. The van der Waals surface area contributed by atoms with E-state index in [0.29, 0.717) is 16.5 Å². The molecule has 1 rings (SSSR count). The first-order chi connectivity index (χ1) is 8.31. The van der Waals surface area contributed by atoms with Gasteiger partial charge in [-0.1, -0.05) is 11.6 Å². The van der Waals surface area contributed by atoms with Crippen LogP contribution in [0.3, 0.4) is 0 Å². The SMILES string of the molecule is COc1ccc(Cl)cc1NC(=O)CCS(C)(=O)=O. The number of amides is 1. The van der Waals surface area contributed by atoms with Crippen LogP contribution in [0.5, 0.6) is 5.75 Å². The summed E-state index contributed by atoms with van der Waals surface area (Å²) in [6, 6.07) is 4.79. The normalized spacial score (nSPS) is 11.1. The lowest BCUT2D eigenvalue weighted by atomic mass is 10.3. The van der Waals surface area contributed by atoms with E-state index in [9.17, 15) is 13.2 Å². The van der Waals surface area contributed by atoms with Gasteiger partial charge in [0.25, 0.3) is 0 Å². The van der Waals surface area contributed by atoms with Gasteiger partial charge in [-0.3, -0.25) is 4.79 Å². The standard InChI is InChI=1S/C11H14ClNO4S/c1-17-10-4-3-8(12)7-9(10)13-11(14)5-6-18(2,15)16/h3-4,7H,5-6H2,1-2H3,(H,13,14). The first kappa shape index (κ1) is 14.8. The van der Waals surface area contributed by atoms with Crippen LogP contribution in [0, 0.1) is 0 Å². The first-order valence-corrected chi connectivity index (χ1v) is 7.57. The van der Waals surface area contributed by atoms with Gasteiger partial charge in [0.1, 0.15) is 15.6 Å². The van der Waals surface area contributed by atoms with Crippen LogP contribution in [0.25, 0.3) is 0 Å². The maximum atomic E-state index is 11.6. The van der Waals surface area contributed by atoms with Gasteiger partial charge >= 0.3 is 0 Å². The number of carbonyl (C=O) groups excluding carboxylic acids is 1. The van der Waals surface area contributed by atoms with Crippen molar-refractivity contribution in [1.82, 2.24) is 0 Å². The number of carbonyl (C=O) groups is 1. The summed E-state index contributed by atoms with van der Waals surface area (Å²) in [7, 11) is -1.69. The molecule has 0 unspecified atom stereocenters. The van der Waals surface area contributed by atoms with Crippen LogP contribution in [0.4, 0.5) is 5.69 Å². The molecular weight excluding hydrogens is 278 g/mol. The molecular formula is C11H14ClNO4S. The zero-order chi connectivity index (χ0) is 13.8. The molecule has 0 aliphatic carbocycles. The molecule has 1 amide bonds. The summed E-state index contributed by atoms with van der Waals surface area (Å²) < 4.78 is 26.9. The molecule has 0 aromatic heterocycles. The predicted octanol–water partition coefficient (Wildman–Crippen LogP) is 1.72. The maximum absolute atomic E-state index is 11.6. The molecule has 5 nitrogen and oxygen atoms in total. The molecule has 1 aromatic rings. The Bertz CT molecular complexity index is 542. The Labute approximate surface area is 111 Å². The Kier molecular flexibility index (Phi) is 4.98. The number of hydrogen-bond acceptors (Lipinski definition) is 4. The van der Waals surface area contributed by atoms with E-state index >= 15 is 0 Å². The Balaban J connectivity index is 2.72. The number of hydrogen-bond donors (Lipinski definition) is 1. The molecule has 0 bridgehead atoms. The number of nitrogens with one attached hydrogen (secondary N) is 1. The Morgan fingerprint density at radius 2 is 2.11 bits per heavy atom. The quantitative estimate of drug-likeness (QED) is 0.896. The molecule has 18 heavy (non-hydrogen) atoms. The van der Waals surface area contributed by atoms with Crippen LogP contribution in [0.1, 0.15) is 6.42 Å². The summed E-state index contributed by atoms with van der Waals surface area (Å²) in [5, 5.41) is 3.02. The average Bonchev–Trinajstić information content (AvgIpc) is 2.26. The molecule has 0 fully saturated rings. The number of halogens is 1. The van der Waals surface area contributed by atoms with Crippen molar-refractivity contribution in [3.63, 3.8) is 0 Å². The van der Waals surface area contributed by atoms with Crippen LogP contribution in [0.2, 0.25) is 5.02 Å². The van der Waals surface area contributed by atoms with Gasteiger partial charge in [-0.15, -0.1) is 0 Å². The van der Waals surface area contributed by atoms with E-state index in [2.05, 4.69) is 5.32 Å². The van der Waals surface area contributed by atoms with Gasteiger partial charge in [-0.2, -0.15) is 0 Å². The number of anilines is 1. The van der Waals surface area contributed by atoms with Crippen molar-refractivity contribution < 1.29 is 17.9 Å². The highest BCUT2D eigenvalue weighted by molar-refractivity contribution is 7.90. The summed E-state index contributed by atoms with van der Waals surface area (Å²) in [5.41, 5.74) is 0.420. The van der Waals surface area contributed by atoms with E-state index < -0.39 is 15.7 Å². The summed E-state index contributed by atoms with van der Waals surface area (Å²) in [4.78, 5) is 11.6. The van der Waals surface area contributed by atoms with E-state index in [1.54, 1.807) is 18.2 Å². The fourth-order valence-corrected chi connectivity index (χ4v) is 2.00. The van der Waals surface area contributed by atoms with Crippen LogP contribution in [0.15, 0.2) is 18.2 Å². The second-order valence-electron chi connectivity index (χ2n) is 3.77. The summed E-state index contributed by atoms with van der Waals surface area (Å²) in [6.07, 6.45) is 0.981. The highest BCUT2D eigenvalue weighted by atomic mass is 35.5. The van der Waals surface area contributed by atoms with Crippen molar-refractivity contribution >= 4 is 33.0 Å². The zero-order valence-electron chi connectivity index (χ0n) is 10.1. The second-order valence-corrected chi connectivity index (χ2v) is 6.47. The van der Waals surface area contributed by atoms with Gasteiger partial charge in [-0.05, 0) is 18.2 Å². The van der Waals surface area contributed by atoms with Crippen molar-refractivity contribution in [3.8, 4) is 5.75 Å². The van der Waals surface area contributed by atoms with Crippen LogP contribution in [-0.2, 0) is 14.6 Å². The molecule has 100 valence electrons. The van der Waals surface area contributed by atoms with Gasteiger partial charge in [0.15, 0.2) is 0 Å². The third-order valence-corrected chi connectivity index (χ3v) is 3.32. The molecule has 0 radical (unpaired) electrons. The monoisotopic (exact) mass is 291 g/mol. The highest BCUT2D eigenvalue weighted by Crippen LogP contribution is 2.27. The number of rotatable bonds is 5. The van der Waals surface area contributed by atoms with Crippen LogP contribution in [-0.4, -0.2) is 33.4 Å². The minimum atomic E-state index is -3.15. The smallest absolute Gasteiger partial charge is 0.225 e. The van der Waals surface area contributed by atoms with Gasteiger partial charge in [0.2, 0.25) is 5.91 Å². The van der Waals surface area contributed by atoms with Crippen LogP contribution < -0.4 is 10.1 Å². The highest BCUT2D eigenvalue weighted by Gasteiger charge is 2.11. The molecule has 0 aliphatic rings. The van der Waals surface area contributed by atoms with Crippen molar-refractivity contribution in [2.75, 3.05) is 24.4 Å². The number of benzene rings is 1. The van der Waals surface area contributed by atoms with Gasteiger partial charge in [-0.25, -0.2) is 8.42 Å². The van der Waals surface area contributed by atoms with Crippen molar-refractivity contribution in [3.05, 3.63) is 23.2 Å². The van der Waals surface area contributed by atoms with Gasteiger partial charge in [0.05, 0.1) is 18.6 Å². The first-order valence-electron chi connectivity index (χ1n) is 5.13. The molecule has 1 N–H and O–H groups in total. The largest absolute Gasteiger partial charge is 0.495 e. The lowest BCUT2D eigenvalue weighted by Crippen LogP contribution is -2.16. The second kappa shape index (κ2) is 6.06. The molecule has 7 heteroatoms. The minimum absolute atomic E-state index is 0.103.